The van der Waals surface area contributed by atoms with Gasteiger partial charge in [0.15, 0.2) is 17.4 Å². The molecule has 122 valence electrons. The van der Waals surface area contributed by atoms with E-state index in [1.165, 1.54) is 4.88 Å². The van der Waals surface area contributed by atoms with Crippen LogP contribution in [0.25, 0.3) is 11.6 Å². The van der Waals surface area contributed by atoms with Gasteiger partial charge in [0.2, 0.25) is 5.89 Å². The van der Waals surface area contributed by atoms with E-state index in [9.17, 15) is 0 Å². The molecule has 0 aliphatic carbocycles. The zero-order chi connectivity index (χ0) is 16.4. The first-order valence-corrected chi connectivity index (χ1v) is 8.24. The summed E-state index contributed by atoms with van der Waals surface area (Å²) in [5, 5.41) is 15.2. The molecular weight excluding hydrogens is 328 g/mol. The number of rotatable bonds is 6. The third kappa shape index (κ3) is 3.01. The summed E-state index contributed by atoms with van der Waals surface area (Å²) in [4.78, 5) is 9.92. The third-order valence-corrected chi connectivity index (χ3v) is 4.36. The molecule has 0 radical (unpaired) electrons. The fourth-order valence-corrected chi connectivity index (χ4v) is 3.09. The molecule has 0 atom stereocenters. The Bertz CT molecular complexity index is 923. The molecule has 4 aromatic rings. The van der Waals surface area contributed by atoms with E-state index in [0.717, 1.165) is 0 Å². The van der Waals surface area contributed by atoms with E-state index in [4.69, 9.17) is 14.0 Å². The van der Waals surface area contributed by atoms with Crippen LogP contribution >= 0.6 is 11.3 Å². The topological polar surface area (TPSA) is 90.1 Å². The van der Waals surface area contributed by atoms with Crippen molar-refractivity contribution in [3.63, 3.8) is 0 Å². The molecule has 0 aliphatic heterocycles. The van der Waals surface area contributed by atoms with E-state index in [-0.39, 0.29) is 6.61 Å². The first kappa shape index (κ1) is 14.9. The van der Waals surface area contributed by atoms with Gasteiger partial charge in [-0.25, -0.2) is 4.98 Å². The molecule has 1 N–H and O–H groups in total. The second-order valence-electron chi connectivity index (χ2n) is 5.16. The molecule has 8 heteroatoms. The minimum atomic E-state index is -0.142. The molecule has 4 rings (SSSR count). The van der Waals surface area contributed by atoms with E-state index in [1.54, 1.807) is 29.7 Å². The predicted molar refractivity (Wildman–Crippen MR) is 86.4 cm³/mol. The van der Waals surface area contributed by atoms with Crippen molar-refractivity contribution in [1.29, 1.82) is 0 Å². The second kappa shape index (κ2) is 6.42. The molecule has 0 fully saturated rings. The molecule has 0 spiro atoms. The van der Waals surface area contributed by atoms with Crippen LogP contribution in [0, 0.1) is 0 Å². The molecule has 0 amide bonds. The third-order valence-electron chi connectivity index (χ3n) is 3.48. The van der Waals surface area contributed by atoms with E-state index < -0.39 is 0 Å². The summed E-state index contributed by atoms with van der Waals surface area (Å²) in [6.07, 6.45) is 4.16. The molecule has 0 unspecified atom stereocenters. The standard InChI is InChI=1S/C16H14N4O3S/c21-10-11-3-4-13(22-11)16-17-5-6-20(16)9-15-18-14(19-23-15)8-12-2-1-7-24-12/h1-7,21H,8-10H2. The smallest absolute Gasteiger partial charge is 0.246 e. The van der Waals surface area contributed by atoms with Gasteiger partial charge in [0, 0.05) is 23.7 Å². The van der Waals surface area contributed by atoms with Gasteiger partial charge >= 0.3 is 0 Å². The fraction of sp³-hybridized carbons (Fsp3) is 0.188. The van der Waals surface area contributed by atoms with Gasteiger partial charge in [0.05, 0.1) is 0 Å². The summed E-state index contributed by atoms with van der Waals surface area (Å²) < 4.78 is 12.7. The molecule has 4 aromatic heterocycles. The Morgan fingerprint density at radius 1 is 1.25 bits per heavy atom. The van der Waals surface area contributed by atoms with Crippen LogP contribution in [0.5, 0.6) is 0 Å². The number of aliphatic hydroxyl groups is 1. The summed E-state index contributed by atoms with van der Waals surface area (Å²) in [5.74, 6) is 2.90. The first-order chi connectivity index (χ1) is 11.8. The van der Waals surface area contributed by atoms with Crippen LogP contribution < -0.4 is 0 Å². The molecule has 0 aliphatic rings. The minimum Gasteiger partial charge on any atom is -0.455 e. The lowest BCUT2D eigenvalue weighted by atomic mass is 10.3. The lowest BCUT2D eigenvalue weighted by Gasteiger charge is -2.02. The van der Waals surface area contributed by atoms with Crippen LogP contribution in [0.2, 0.25) is 0 Å². The Hall–Kier alpha value is -2.71. The van der Waals surface area contributed by atoms with Crippen LogP contribution in [-0.2, 0) is 19.6 Å². The Balaban J connectivity index is 1.52. The van der Waals surface area contributed by atoms with Crippen LogP contribution in [0.1, 0.15) is 22.4 Å². The quantitative estimate of drug-likeness (QED) is 0.579. The highest BCUT2D eigenvalue weighted by atomic mass is 32.1. The molecule has 0 bridgehead atoms. The van der Waals surface area contributed by atoms with Crippen molar-refractivity contribution in [2.24, 2.45) is 0 Å². The van der Waals surface area contributed by atoms with Crippen molar-refractivity contribution < 1.29 is 14.0 Å². The van der Waals surface area contributed by atoms with E-state index in [2.05, 4.69) is 15.1 Å². The lowest BCUT2D eigenvalue weighted by Crippen LogP contribution is -2.01. The Morgan fingerprint density at radius 2 is 2.21 bits per heavy atom. The maximum atomic E-state index is 9.11. The van der Waals surface area contributed by atoms with Crippen molar-refractivity contribution in [3.05, 3.63) is 64.4 Å². The second-order valence-corrected chi connectivity index (χ2v) is 6.20. The Labute approximate surface area is 141 Å². The van der Waals surface area contributed by atoms with Crippen LogP contribution in [-0.4, -0.2) is 24.8 Å². The molecule has 7 nitrogen and oxygen atoms in total. The summed E-state index contributed by atoms with van der Waals surface area (Å²) >= 11 is 1.67. The molecular formula is C16H14N4O3S. The Morgan fingerprint density at radius 3 is 3.00 bits per heavy atom. The number of hydrogen-bond donors (Lipinski definition) is 1. The maximum absolute atomic E-state index is 9.11. The van der Waals surface area contributed by atoms with Crippen molar-refractivity contribution in [1.82, 2.24) is 19.7 Å². The predicted octanol–water partition coefficient (Wildman–Crippen LogP) is 2.72. The lowest BCUT2D eigenvalue weighted by molar-refractivity contribution is 0.248. The van der Waals surface area contributed by atoms with Gasteiger partial charge in [-0.1, -0.05) is 11.2 Å². The number of imidazole rings is 1. The summed E-state index contributed by atoms with van der Waals surface area (Å²) in [6.45, 7) is 0.262. The zero-order valence-electron chi connectivity index (χ0n) is 12.6. The van der Waals surface area contributed by atoms with Gasteiger partial charge in [-0.05, 0) is 23.6 Å². The average molecular weight is 342 g/mol. The SMILES string of the molecule is OCc1ccc(-c2nccn2Cc2nc(Cc3cccs3)no2)o1. The molecule has 0 saturated carbocycles. The van der Waals surface area contributed by atoms with Crippen LogP contribution in [0.4, 0.5) is 0 Å². The number of hydrogen-bond acceptors (Lipinski definition) is 7. The van der Waals surface area contributed by atoms with E-state index in [0.29, 0.717) is 42.0 Å². The average Bonchev–Trinajstić information content (AvgIpc) is 3.35. The number of furan rings is 1. The fourth-order valence-electron chi connectivity index (χ4n) is 2.39. The summed E-state index contributed by atoms with van der Waals surface area (Å²) in [6, 6.07) is 7.55. The van der Waals surface area contributed by atoms with Crippen LogP contribution in [0.15, 0.2) is 51.0 Å². The van der Waals surface area contributed by atoms with Crippen molar-refractivity contribution in [3.8, 4) is 11.6 Å². The number of aliphatic hydroxyl groups excluding tert-OH is 1. The van der Waals surface area contributed by atoms with Crippen molar-refractivity contribution in [2.75, 3.05) is 0 Å². The van der Waals surface area contributed by atoms with Gasteiger partial charge in [0.1, 0.15) is 18.9 Å². The van der Waals surface area contributed by atoms with Gasteiger partial charge in [-0.2, -0.15) is 4.98 Å². The van der Waals surface area contributed by atoms with Gasteiger partial charge in [-0.15, -0.1) is 11.3 Å². The van der Waals surface area contributed by atoms with Gasteiger partial charge < -0.3 is 18.6 Å². The van der Waals surface area contributed by atoms with E-state index >= 15 is 0 Å². The van der Waals surface area contributed by atoms with Crippen molar-refractivity contribution >= 4 is 11.3 Å². The monoisotopic (exact) mass is 342 g/mol. The number of nitrogens with zero attached hydrogens (tertiary/aromatic N) is 4. The van der Waals surface area contributed by atoms with Gasteiger partial charge in [-0.3, -0.25) is 0 Å². The Kier molecular flexibility index (Phi) is 3.97. The highest BCUT2D eigenvalue weighted by molar-refractivity contribution is 7.09. The largest absolute Gasteiger partial charge is 0.455 e. The molecule has 0 aromatic carbocycles. The summed E-state index contributed by atoms with van der Waals surface area (Å²) in [5.41, 5.74) is 0. The normalized spacial score (nSPS) is 11.2. The zero-order valence-corrected chi connectivity index (χ0v) is 13.4. The van der Waals surface area contributed by atoms with E-state index in [1.807, 2.05) is 28.3 Å². The number of aromatic nitrogens is 4. The maximum Gasteiger partial charge on any atom is 0.246 e. The minimum absolute atomic E-state index is 0.142. The number of thiophene rings is 1. The van der Waals surface area contributed by atoms with Crippen molar-refractivity contribution in [2.45, 2.75) is 19.6 Å². The molecule has 0 saturated heterocycles. The van der Waals surface area contributed by atoms with Crippen LogP contribution in [0.3, 0.4) is 0 Å². The highest BCUT2D eigenvalue weighted by Gasteiger charge is 2.14. The first-order valence-electron chi connectivity index (χ1n) is 7.37. The molecule has 24 heavy (non-hydrogen) atoms. The van der Waals surface area contributed by atoms with Gasteiger partial charge in [0.25, 0.3) is 0 Å². The summed E-state index contributed by atoms with van der Waals surface area (Å²) in [7, 11) is 0. The highest BCUT2D eigenvalue weighted by Crippen LogP contribution is 2.21. The molecule has 4 heterocycles.